The van der Waals surface area contributed by atoms with Crippen molar-refractivity contribution in [3.05, 3.63) is 30.1 Å². The van der Waals surface area contributed by atoms with Crippen molar-refractivity contribution in [3.8, 4) is 17.0 Å². The van der Waals surface area contributed by atoms with Gasteiger partial charge < -0.3 is 21.3 Å². The molecule has 2 aromatic heterocycles. The van der Waals surface area contributed by atoms with Gasteiger partial charge in [0.1, 0.15) is 29.4 Å². The molecule has 10 nitrogen and oxygen atoms in total. The molecule has 1 aliphatic heterocycles. The van der Waals surface area contributed by atoms with E-state index in [0.717, 1.165) is 38.4 Å². The van der Waals surface area contributed by atoms with Crippen molar-refractivity contribution in [1.82, 2.24) is 24.6 Å². The molecule has 0 unspecified atom stereocenters. The van der Waals surface area contributed by atoms with Gasteiger partial charge in [-0.3, -0.25) is 9.89 Å². The van der Waals surface area contributed by atoms with Crippen LogP contribution in [0.15, 0.2) is 29.5 Å². The molecule has 0 saturated carbocycles. The summed E-state index contributed by atoms with van der Waals surface area (Å²) in [4.78, 5) is 14.8. The number of aliphatic imine (C=N–C) groups is 1. The van der Waals surface area contributed by atoms with Gasteiger partial charge in [-0.2, -0.15) is 5.10 Å². The third-order valence-corrected chi connectivity index (χ3v) is 5.08. The first-order valence-electron chi connectivity index (χ1n) is 9.41. The second-order valence-electron chi connectivity index (χ2n) is 6.82. The number of nitrogens with two attached hydrogens (primary N) is 2. The Hall–Kier alpha value is -3.24. The SMILES string of the molecule is C/N=C(/N)c1cc(-c2nn(CCN3CCOCC3)c3ncnc(N)c23)ccc1O. The highest BCUT2D eigenvalue weighted by Gasteiger charge is 2.19. The van der Waals surface area contributed by atoms with Gasteiger partial charge in [0.25, 0.3) is 0 Å². The fourth-order valence-corrected chi connectivity index (χ4v) is 3.46. The Labute approximate surface area is 167 Å². The number of phenols is 1. The summed E-state index contributed by atoms with van der Waals surface area (Å²) in [7, 11) is 1.57. The minimum atomic E-state index is 0.0529. The van der Waals surface area contributed by atoms with Crippen LogP contribution in [0.1, 0.15) is 5.56 Å². The number of ether oxygens (including phenoxy) is 1. The normalized spacial score (nSPS) is 15.8. The zero-order valence-electron chi connectivity index (χ0n) is 16.2. The molecule has 4 rings (SSSR count). The fourth-order valence-electron chi connectivity index (χ4n) is 3.46. The predicted molar refractivity (Wildman–Crippen MR) is 111 cm³/mol. The first-order valence-corrected chi connectivity index (χ1v) is 9.41. The molecule has 1 aromatic carbocycles. The molecule has 3 heterocycles. The van der Waals surface area contributed by atoms with Crippen molar-refractivity contribution < 1.29 is 9.84 Å². The molecule has 0 atom stereocenters. The van der Waals surface area contributed by atoms with Gasteiger partial charge in [0, 0.05) is 32.2 Å². The van der Waals surface area contributed by atoms with Crippen LogP contribution in [0.25, 0.3) is 22.3 Å². The van der Waals surface area contributed by atoms with E-state index >= 15 is 0 Å². The quantitative estimate of drug-likeness (QED) is 0.417. The van der Waals surface area contributed by atoms with E-state index in [4.69, 9.17) is 21.3 Å². The van der Waals surface area contributed by atoms with E-state index in [-0.39, 0.29) is 11.6 Å². The fraction of sp³-hybridized carbons (Fsp3) is 0.368. The van der Waals surface area contributed by atoms with Crippen molar-refractivity contribution in [1.29, 1.82) is 0 Å². The van der Waals surface area contributed by atoms with Crippen LogP contribution in [0.2, 0.25) is 0 Å². The maximum Gasteiger partial charge on any atom is 0.164 e. The average molecular weight is 396 g/mol. The summed E-state index contributed by atoms with van der Waals surface area (Å²) in [5, 5.41) is 15.6. The number of hydrogen-bond donors (Lipinski definition) is 3. The predicted octanol–water partition coefficient (Wildman–Crippen LogP) is 0.448. The zero-order valence-corrected chi connectivity index (χ0v) is 16.2. The van der Waals surface area contributed by atoms with Crippen LogP contribution in [-0.4, -0.2) is 75.5 Å². The minimum absolute atomic E-state index is 0.0529. The second-order valence-corrected chi connectivity index (χ2v) is 6.82. The van der Waals surface area contributed by atoms with E-state index < -0.39 is 0 Å². The maximum atomic E-state index is 10.1. The van der Waals surface area contributed by atoms with Gasteiger partial charge in [-0.05, 0) is 18.2 Å². The molecule has 3 aromatic rings. The smallest absolute Gasteiger partial charge is 0.164 e. The summed E-state index contributed by atoms with van der Waals surface area (Å²) in [6.07, 6.45) is 1.44. The Morgan fingerprint density at radius 2 is 2.03 bits per heavy atom. The van der Waals surface area contributed by atoms with Gasteiger partial charge in [-0.15, -0.1) is 0 Å². The van der Waals surface area contributed by atoms with E-state index in [0.29, 0.717) is 34.7 Å². The van der Waals surface area contributed by atoms with E-state index in [1.165, 1.54) is 6.33 Å². The van der Waals surface area contributed by atoms with Crippen LogP contribution in [0, 0.1) is 0 Å². The summed E-state index contributed by atoms with van der Waals surface area (Å²) in [5.74, 6) is 0.649. The summed E-state index contributed by atoms with van der Waals surface area (Å²) in [6, 6.07) is 5.09. The lowest BCUT2D eigenvalue weighted by atomic mass is 10.0. The molecule has 5 N–H and O–H groups in total. The van der Waals surface area contributed by atoms with Crippen molar-refractivity contribution in [2.24, 2.45) is 10.7 Å². The van der Waals surface area contributed by atoms with Crippen LogP contribution in [0.5, 0.6) is 5.75 Å². The van der Waals surface area contributed by atoms with E-state index in [9.17, 15) is 5.11 Å². The van der Waals surface area contributed by atoms with Gasteiger partial charge in [-0.25, -0.2) is 14.6 Å². The highest BCUT2D eigenvalue weighted by molar-refractivity contribution is 6.03. The number of aromatic hydroxyl groups is 1. The minimum Gasteiger partial charge on any atom is -0.507 e. The molecule has 0 radical (unpaired) electrons. The topological polar surface area (TPSA) is 141 Å². The van der Waals surface area contributed by atoms with E-state index in [1.54, 1.807) is 25.2 Å². The van der Waals surface area contributed by atoms with Crippen LogP contribution < -0.4 is 11.5 Å². The zero-order chi connectivity index (χ0) is 20.4. The maximum absolute atomic E-state index is 10.1. The third kappa shape index (κ3) is 3.71. The lowest BCUT2D eigenvalue weighted by Crippen LogP contribution is -2.38. The van der Waals surface area contributed by atoms with E-state index in [1.807, 2.05) is 4.68 Å². The number of morpholine rings is 1. The molecular weight excluding hydrogens is 372 g/mol. The highest BCUT2D eigenvalue weighted by Crippen LogP contribution is 2.32. The molecule has 1 fully saturated rings. The number of hydrogen-bond acceptors (Lipinski definition) is 8. The van der Waals surface area contributed by atoms with Crippen LogP contribution >= 0.6 is 0 Å². The number of phenolic OH excluding ortho intramolecular Hbond substituents is 1. The molecule has 29 heavy (non-hydrogen) atoms. The first-order chi connectivity index (χ1) is 14.1. The summed E-state index contributed by atoms with van der Waals surface area (Å²) >= 11 is 0. The summed E-state index contributed by atoms with van der Waals surface area (Å²) in [5.41, 5.74) is 14.6. The molecule has 0 bridgehead atoms. The van der Waals surface area contributed by atoms with Gasteiger partial charge in [0.05, 0.1) is 30.7 Å². The Morgan fingerprint density at radius 1 is 1.24 bits per heavy atom. The largest absolute Gasteiger partial charge is 0.507 e. The number of aromatic nitrogens is 4. The molecule has 1 aliphatic rings. The number of benzene rings is 1. The van der Waals surface area contributed by atoms with Crippen molar-refractivity contribution in [2.75, 3.05) is 45.6 Å². The highest BCUT2D eigenvalue weighted by atomic mass is 16.5. The number of anilines is 1. The number of amidine groups is 1. The van der Waals surface area contributed by atoms with Crippen molar-refractivity contribution >= 4 is 22.7 Å². The number of nitrogens with zero attached hydrogens (tertiary/aromatic N) is 6. The lowest BCUT2D eigenvalue weighted by molar-refractivity contribution is 0.0361. The number of nitrogen functional groups attached to an aromatic ring is 1. The summed E-state index contributed by atoms with van der Waals surface area (Å²) < 4.78 is 7.26. The van der Waals surface area contributed by atoms with Crippen molar-refractivity contribution in [2.45, 2.75) is 6.54 Å². The van der Waals surface area contributed by atoms with Gasteiger partial charge >= 0.3 is 0 Å². The second kappa shape index (κ2) is 8.02. The van der Waals surface area contributed by atoms with Crippen LogP contribution in [0.3, 0.4) is 0 Å². The molecule has 10 heteroatoms. The van der Waals surface area contributed by atoms with Crippen LogP contribution in [-0.2, 0) is 11.3 Å². The molecule has 0 aliphatic carbocycles. The number of rotatable bonds is 5. The van der Waals surface area contributed by atoms with E-state index in [2.05, 4.69) is 19.9 Å². The molecule has 1 saturated heterocycles. The Morgan fingerprint density at radius 3 is 2.79 bits per heavy atom. The Balaban J connectivity index is 1.75. The molecule has 0 amide bonds. The summed E-state index contributed by atoms with van der Waals surface area (Å²) in [6.45, 7) is 4.80. The standard InChI is InChI=1S/C19H24N8O2/c1-22-17(20)13-10-12(2-3-14(13)28)16-15-18(21)23-11-24-19(15)27(25-16)5-4-26-6-8-29-9-7-26/h2-3,10-11,28H,4-9H2,1H3,(H2,20,22)(H2,21,23,24). The third-order valence-electron chi connectivity index (χ3n) is 5.08. The van der Waals surface area contributed by atoms with Gasteiger partial charge in [-0.1, -0.05) is 0 Å². The van der Waals surface area contributed by atoms with Crippen LogP contribution in [0.4, 0.5) is 5.82 Å². The average Bonchev–Trinajstić information content (AvgIpc) is 3.13. The van der Waals surface area contributed by atoms with Crippen molar-refractivity contribution in [3.63, 3.8) is 0 Å². The van der Waals surface area contributed by atoms with Gasteiger partial charge in [0.15, 0.2) is 5.65 Å². The molecular formula is C19H24N8O2. The monoisotopic (exact) mass is 396 g/mol. The molecule has 0 spiro atoms. The lowest BCUT2D eigenvalue weighted by Gasteiger charge is -2.26. The first kappa shape index (κ1) is 19.1. The van der Waals surface area contributed by atoms with Gasteiger partial charge in [0.2, 0.25) is 0 Å². The Kier molecular flexibility index (Phi) is 5.28. The number of fused-ring (bicyclic) bond motifs is 1. The Bertz CT molecular complexity index is 1060. The molecule has 152 valence electrons.